The predicted molar refractivity (Wildman–Crippen MR) is 108 cm³/mol. The van der Waals surface area contributed by atoms with Gasteiger partial charge in [-0.25, -0.2) is 4.98 Å². The van der Waals surface area contributed by atoms with E-state index in [2.05, 4.69) is 20.2 Å². The van der Waals surface area contributed by atoms with Crippen LogP contribution in [0.4, 0.5) is 0 Å². The molecule has 0 aliphatic rings. The highest BCUT2D eigenvalue weighted by molar-refractivity contribution is 6.29. The van der Waals surface area contributed by atoms with E-state index in [-0.39, 0.29) is 5.88 Å². The molecule has 0 spiro atoms. The van der Waals surface area contributed by atoms with E-state index in [9.17, 15) is 0 Å². The number of aromatic nitrogens is 1. The zero-order valence-corrected chi connectivity index (χ0v) is 16.5. The number of methoxy groups -OCH3 is 1. The Bertz CT molecular complexity index is 772. The second-order valence-electron chi connectivity index (χ2n) is 5.77. The minimum atomic E-state index is 0.174. The van der Waals surface area contributed by atoms with Gasteiger partial charge in [0.05, 0.1) is 13.0 Å². The molecule has 0 aliphatic carbocycles. The van der Waals surface area contributed by atoms with E-state index in [0.29, 0.717) is 24.1 Å². The molecule has 0 amide bonds. The maximum Gasteiger partial charge on any atom is 0.207 e. The standard InChI is InChI=1S/C19H21Cl2N5O/c1-27-17-5-2-15(3-6-17)12-26(9-8-23-19(10-20)25-14-22)13-16-4-7-18(21)24-11-16/h2-7,11H,8-10,12-13H2,1H3,(H,23,25). The average Bonchev–Trinajstić information content (AvgIpc) is 2.69. The number of pyridine rings is 1. The molecule has 1 aromatic carbocycles. The molecule has 0 unspecified atom stereocenters. The molecule has 142 valence electrons. The molecular weight excluding hydrogens is 385 g/mol. The van der Waals surface area contributed by atoms with E-state index in [0.717, 1.165) is 24.4 Å². The van der Waals surface area contributed by atoms with Crippen molar-refractivity contribution in [3.05, 3.63) is 58.9 Å². The molecule has 2 rings (SSSR count). The zero-order chi connectivity index (χ0) is 19.5. The van der Waals surface area contributed by atoms with Crippen molar-refractivity contribution in [2.24, 2.45) is 4.99 Å². The number of halogens is 2. The molecular formula is C19H21Cl2N5O. The predicted octanol–water partition coefficient (Wildman–Crippen LogP) is 3.45. The maximum absolute atomic E-state index is 8.66. The molecule has 0 atom stereocenters. The van der Waals surface area contributed by atoms with E-state index < -0.39 is 0 Å². The summed E-state index contributed by atoms with van der Waals surface area (Å²) in [7, 11) is 1.65. The lowest BCUT2D eigenvalue weighted by Crippen LogP contribution is -2.35. The first-order chi connectivity index (χ1) is 13.1. The van der Waals surface area contributed by atoms with Crippen LogP contribution in [0.25, 0.3) is 0 Å². The number of hydrogen-bond acceptors (Lipinski definition) is 5. The number of ether oxygens (including phenoxy) is 1. The lowest BCUT2D eigenvalue weighted by atomic mass is 10.2. The molecule has 0 saturated heterocycles. The van der Waals surface area contributed by atoms with E-state index in [1.165, 1.54) is 5.56 Å². The summed E-state index contributed by atoms with van der Waals surface area (Å²) in [5.74, 6) is 1.47. The lowest BCUT2D eigenvalue weighted by molar-refractivity contribution is 0.260. The van der Waals surface area contributed by atoms with Gasteiger partial charge >= 0.3 is 0 Å². The van der Waals surface area contributed by atoms with E-state index >= 15 is 0 Å². The Morgan fingerprint density at radius 1 is 1.22 bits per heavy atom. The van der Waals surface area contributed by atoms with Crippen LogP contribution < -0.4 is 10.1 Å². The number of nitriles is 1. The van der Waals surface area contributed by atoms with Crippen LogP contribution >= 0.6 is 23.2 Å². The van der Waals surface area contributed by atoms with Crippen LogP contribution in [0.5, 0.6) is 5.75 Å². The second kappa shape index (κ2) is 11.4. The highest BCUT2D eigenvalue weighted by atomic mass is 35.5. The largest absolute Gasteiger partial charge is 0.497 e. The van der Waals surface area contributed by atoms with Crippen LogP contribution in [0.15, 0.2) is 47.6 Å². The summed E-state index contributed by atoms with van der Waals surface area (Å²) in [6.45, 7) is 2.81. The summed E-state index contributed by atoms with van der Waals surface area (Å²) in [6.07, 6.45) is 3.52. The van der Waals surface area contributed by atoms with E-state index in [1.807, 2.05) is 30.3 Å². The van der Waals surface area contributed by atoms with Gasteiger partial charge in [-0.05, 0) is 29.3 Å². The van der Waals surface area contributed by atoms with Crippen molar-refractivity contribution >= 4 is 29.0 Å². The molecule has 6 nitrogen and oxygen atoms in total. The van der Waals surface area contributed by atoms with Gasteiger partial charge < -0.3 is 10.1 Å². The Morgan fingerprint density at radius 3 is 2.52 bits per heavy atom. The average molecular weight is 406 g/mol. The fourth-order valence-electron chi connectivity index (χ4n) is 2.50. The van der Waals surface area contributed by atoms with Crippen molar-refractivity contribution in [1.82, 2.24) is 15.2 Å². The summed E-state index contributed by atoms with van der Waals surface area (Å²) in [4.78, 5) is 10.1. The molecule has 0 fully saturated rings. The van der Waals surface area contributed by atoms with Gasteiger partial charge in [0.2, 0.25) is 6.19 Å². The third-order valence-electron chi connectivity index (χ3n) is 3.83. The van der Waals surface area contributed by atoms with Gasteiger partial charge in [0, 0.05) is 32.4 Å². The lowest BCUT2D eigenvalue weighted by Gasteiger charge is -2.23. The van der Waals surface area contributed by atoms with Crippen LogP contribution in [0, 0.1) is 11.5 Å². The molecule has 1 N–H and O–H groups in total. The minimum absolute atomic E-state index is 0.174. The minimum Gasteiger partial charge on any atom is -0.497 e. The number of nitrogens with one attached hydrogen (secondary N) is 1. The van der Waals surface area contributed by atoms with E-state index in [1.54, 1.807) is 25.6 Å². The van der Waals surface area contributed by atoms with Gasteiger partial charge in [-0.1, -0.05) is 29.8 Å². The van der Waals surface area contributed by atoms with Gasteiger partial charge in [0.15, 0.2) is 0 Å². The van der Waals surface area contributed by atoms with Gasteiger partial charge in [0.25, 0.3) is 0 Å². The van der Waals surface area contributed by atoms with E-state index in [4.69, 9.17) is 33.2 Å². The van der Waals surface area contributed by atoms with Crippen LogP contribution in [0.2, 0.25) is 5.15 Å². The third kappa shape index (κ3) is 7.43. The monoisotopic (exact) mass is 405 g/mol. The molecule has 0 bridgehead atoms. The highest BCUT2D eigenvalue weighted by Crippen LogP contribution is 2.15. The fourth-order valence-corrected chi connectivity index (χ4v) is 2.76. The fraction of sp³-hybridized carbons (Fsp3) is 0.316. The number of amidine groups is 1. The number of aliphatic imine (C=N–C) groups is 1. The Morgan fingerprint density at radius 2 is 1.93 bits per heavy atom. The Balaban J connectivity index is 2.03. The van der Waals surface area contributed by atoms with Crippen molar-refractivity contribution < 1.29 is 4.74 Å². The van der Waals surface area contributed by atoms with Crippen LogP contribution in [0.1, 0.15) is 11.1 Å². The second-order valence-corrected chi connectivity index (χ2v) is 6.42. The Labute approximate surface area is 169 Å². The summed E-state index contributed by atoms with van der Waals surface area (Å²) < 4.78 is 5.21. The number of rotatable bonds is 9. The number of benzene rings is 1. The molecule has 0 radical (unpaired) electrons. The zero-order valence-electron chi connectivity index (χ0n) is 15.0. The Hall–Kier alpha value is -2.33. The molecule has 1 heterocycles. The van der Waals surface area contributed by atoms with Crippen LogP contribution in [-0.2, 0) is 13.1 Å². The molecule has 0 saturated carbocycles. The topological polar surface area (TPSA) is 73.5 Å². The van der Waals surface area contributed by atoms with Gasteiger partial charge in [-0.3, -0.25) is 4.90 Å². The van der Waals surface area contributed by atoms with Crippen molar-refractivity contribution in [2.75, 3.05) is 26.1 Å². The first kappa shape index (κ1) is 21.0. The summed E-state index contributed by atoms with van der Waals surface area (Å²) >= 11 is 11.6. The third-order valence-corrected chi connectivity index (χ3v) is 4.31. The van der Waals surface area contributed by atoms with Crippen molar-refractivity contribution in [3.63, 3.8) is 0 Å². The SMILES string of the molecule is COc1ccc(CN(CCN/C(CCl)=N\C#N)Cc2ccc(Cl)nc2)cc1. The highest BCUT2D eigenvalue weighted by Gasteiger charge is 2.09. The summed E-state index contributed by atoms with van der Waals surface area (Å²) in [5.41, 5.74) is 2.23. The molecule has 0 aliphatic heterocycles. The van der Waals surface area contributed by atoms with Gasteiger partial charge in [-0.15, -0.1) is 11.6 Å². The van der Waals surface area contributed by atoms with Crippen LogP contribution in [0.3, 0.4) is 0 Å². The van der Waals surface area contributed by atoms with Gasteiger partial charge in [-0.2, -0.15) is 10.3 Å². The summed E-state index contributed by atoms with van der Waals surface area (Å²) in [5, 5.41) is 12.2. The number of nitrogens with zero attached hydrogens (tertiary/aromatic N) is 4. The molecule has 1 aromatic heterocycles. The summed E-state index contributed by atoms with van der Waals surface area (Å²) in [6, 6.07) is 11.7. The first-order valence-electron chi connectivity index (χ1n) is 8.35. The number of alkyl halides is 1. The Kier molecular flexibility index (Phi) is 8.85. The van der Waals surface area contributed by atoms with Crippen molar-refractivity contribution in [2.45, 2.75) is 13.1 Å². The van der Waals surface area contributed by atoms with Crippen molar-refractivity contribution in [1.29, 1.82) is 5.26 Å². The number of hydrogen-bond donors (Lipinski definition) is 1. The molecule has 27 heavy (non-hydrogen) atoms. The van der Waals surface area contributed by atoms with Crippen molar-refractivity contribution in [3.8, 4) is 11.9 Å². The normalized spacial score (nSPS) is 11.3. The van der Waals surface area contributed by atoms with Crippen LogP contribution in [-0.4, -0.2) is 41.8 Å². The maximum atomic E-state index is 8.66. The van der Waals surface area contributed by atoms with Gasteiger partial charge in [0.1, 0.15) is 16.7 Å². The smallest absolute Gasteiger partial charge is 0.207 e. The first-order valence-corrected chi connectivity index (χ1v) is 9.27. The molecule has 8 heteroatoms. The molecule has 2 aromatic rings. The quantitative estimate of drug-likeness (QED) is 0.227.